The number of alkyl halides is 2. The lowest BCUT2D eigenvalue weighted by molar-refractivity contribution is -0.119. The topological polar surface area (TPSA) is 86.8 Å². The van der Waals surface area contributed by atoms with Crippen molar-refractivity contribution in [2.24, 2.45) is 0 Å². The molecular formula is C17H14Cl2F2N2O5. The van der Waals surface area contributed by atoms with E-state index >= 15 is 0 Å². The Bertz CT molecular complexity index is 896. The molecule has 0 saturated carbocycles. The molecule has 28 heavy (non-hydrogen) atoms. The summed E-state index contributed by atoms with van der Waals surface area (Å²) < 4.78 is 39.3. The highest BCUT2D eigenvalue weighted by Crippen LogP contribution is 2.33. The van der Waals surface area contributed by atoms with Gasteiger partial charge in [-0.15, -0.1) is 0 Å². The average Bonchev–Trinajstić information content (AvgIpc) is 2.66. The van der Waals surface area contributed by atoms with Crippen LogP contribution in [0.4, 0.5) is 14.6 Å². The van der Waals surface area contributed by atoms with Crippen LogP contribution in [0, 0.1) is 6.92 Å². The number of hydrogen-bond acceptors (Lipinski definition) is 6. The number of para-hydroxylation sites is 1. The highest BCUT2D eigenvalue weighted by Gasteiger charge is 2.22. The first kappa shape index (κ1) is 21.6. The molecular weight excluding hydrogens is 421 g/mol. The van der Waals surface area contributed by atoms with Gasteiger partial charge in [-0.05, 0) is 24.6 Å². The van der Waals surface area contributed by atoms with E-state index in [0.29, 0.717) is 10.6 Å². The molecule has 1 heterocycles. The van der Waals surface area contributed by atoms with E-state index in [0.717, 1.165) is 0 Å². The molecule has 2 rings (SSSR count). The molecule has 1 amide bonds. The molecule has 0 aliphatic carbocycles. The number of carbonyl (C=O) groups is 2. The average molecular weight is 435 g/mol. The number of halogens is 4. The number of rotatable bonds is 7. The number of pyridine rings is 1. The molecule has 0 radical (unpaired) electrons. The summed E-state index contributed by atoms with van der Waals surface area (Å²) in [6, 6.07) is 3.91. The Kier molecular flexibility index (Phi) is 7.36. The number of amides is 1. The Hall–Kier alpha value is -2.65. The summed E-state index contributed by atoms with van der Waals surface area (Å²) in [5.41, 5.74) is 0.182. The summed E-state index contributed by atoms with van der Waals surface area (Å²) >= 11 is 11.9. The minimum atomic E-state index is -3.19. The van der Waals surface area contributed by atoms with Gasteiger partial charge in [0.15, 0.2) is 23.9 Å². The van der Waals surface area contributed by atoms with E-state index in [1.54, 1.807) is 6.92 Å². The van der Waals surface area contributed by atoms with Crippen molar-refractivity contribution in [2.75, 3.05) is 19.0 Å². The van der Waals surface area contributed by atoms with Crippen LogP contribution in [-0.4, -0.2) is 37.2 Å². The van der Waals surface area contributed by atoms with E-state index in [-0.39, 0.29) is 22.2 Å². The number of carbonyl (C=O) groups excluding carboxylic acids is 2. The van der Waals surface area contributed by atoms with Crippen LogP contribution in [0.5, 0.6) is 11.5 Å². The van der Waals surface area contributed by atoms with Gasteiger partial charge in [-0.2, -0.15) is 8.78 Å². The summed E-state index contributed by atoms with van der Waals surface area (Å²) in [7, 11) is 1.22. The molecule has 0 saturated heterocycles. The molecule has 1 aromatic carbocycles. The van der Waals surface area contributed by atoms with Crippen molar-refractivity contribution in [2.45, 2.75) is 13.5 Å². The molecule has 1 N–H and O–H groups in total. The molecule has 1 aromatic heterocycles. The summed E-state index contributed by atoms with van der Waals surface area (Å²) in [6.07, 6.45) is 1.30. The van der Waals surface area contributed by atoms with Crippen LogP contribution in [-0.2, 0) is 9.53 Å². The molecule has 150 valence electrons. The smallest absolute Gasteiger partial charge is 0.387 e. The second-order valence-corrected chi connectivity index (χ2v) is 6.02. The fraction of sp³-hybridized carbons (Fsp3) is 0.235. The van der Waals surface area contributed by atoms with Crippen LogP contribution in [0.3, 0.4) is 0 Å². The van der Waals surface area contributed by atoms with Gasteiger partial charge in [0.1, 0.15) is 5.56 Å². The molecule has 0 unspecified atom stereocenters. The van der Waals surface area contributed by atoms with Gasteiger partial charge in [-0.3, -0.25) is 4.79 Å². The number of hydrogen-bond donors (Lipinski definition) is 1. The maximum Gasteiger partial charge on any atom is 0.387 e. The van der Waals surface area contributed by atoms with Crippen LogP contribution >= 0.6 is 23.2 Å². The summed E-state index contributed by atoms with van der Waals surface area (Å²) in [4.78, 5) is 28.1. The quantitative estimate of drug-likeness (QED) is 0.660. The third-order valence-electron chi connectivity index (χ3n) is 3.42. The van der Waals surface area contributed by atoms with E-state index in [1.807, 2.05) is 0 Å². The summed E-state index contributed by atoms with van der Waals surface area (Å²) in [5, 5.41) is 2.81. The van der Waals surface area contributed by atoms with Gasteiger partial charge in [0, 0.05) is 6.20 Å². The van der Waals surface area contributed by atoms with Crippen LogP contribution < -0.4 is 14.8 Å². The molecule has 0 atom stereocenters. The van der Waals surface area contributed by atoms with Gasteiger partial charge in [0.2, 0.25) is 0 Å². The summed E-state index contributed by atoms with van der Waals surface area (Å²) in [6.45, 7) is -2.27. The fourth-order valence-corrected chi connectivity index (χ4v) is 2.46. The first-order valence-electron chi connectivity index (χ1n) is 7.64. The molecule has 0 spiro atoms. The molecule has 7 nitrogen and oxygen atoms in total. The Labute approximate surface area is 168 Å². The Morgan fingerprint density at radius 2 is 2.00 bits per heavy atom. The van der Waals surface area contributed by atoms with Crippen molar-refractivity contribution in [3.05, 3.63) is 45.6 Å². The number of nitrogens with one attached hydrogen (secondary N) is 1. The third-order valence-corrected chi connectivity index (χ3v) is 4.26. The maximum atomic E-state index is 12.6. The zero-order valence-corrected chi connectivity index (χ0v) is 16.1. The van der Waals surface area contributed by atoms with Crippen molar-refractivity contribution in [3.63, 3.8) is 0 Å². The molecule has 0 aliphatic rings. The number of aromatic nitrogens is 1. The lowest BCUT2D eigenvalue weighted by Gasteiger charge is -2.14. The third kappa shape index (κ3) is 5.20. The molecule has 2 aromatic rings. The highest BCUT2D eigenvalue weighted by molar-refractivity contribution is 6.37. The van der Waals surface area contributed by atoms with Crippen LogP contribution in [0.15, 0.2) is 24.4 Å². The van der Waals surface area contributed by atoms with Gasteiger partial charge < -0.3 is 19.5 Å². The van der Waals surface area contributed by atoms with Gasteiger partial charge >= 0.3 is 12.6 Å². The van der Waals surface area contributed by atoms with Gasteiger partial charge in [-0.25, -0.2) is 9.78 Å². The van der Waals surface area contributed by atoms with E-state index in [4.69, 9.17) is 32.7 Å². The first-order valence-corrected chi connectivity index (χ1v) is 8.39. The minimum Gasteiger partial charge on any atom is -0.493 e. The molecule has 0 aliphatic heterocycles. The van der Waals surface area contributed by atoms with Crippen molar-refractivity contribution in [1.29, 1.82) is 0 Å². The fourth-order valence-electron chi connectivity index (χ4n) is 2.07. The highest BCUT2D eigenvalue weighted by atomic mass is 35.5. The van der Waals surface area contributed by atoms with Crippen LogP contribution in [0.1, 0.15) is 15.9 Å². The summed E-state index contributed by atoms with van der Waals surface area (Å²) in [5.74, 6) is -2.36. The van der Waals surface area contributed by atoms with Crippen molar-refractivity contribution in [1.82, 2.24) is 4.98 Å². The van der Waals surface area contributed by atoms with E-state index < -0.39 is 30.8 Å². The van der Waals surface area contributed by atoms with Gasteiger partial charge in [0.25, 0.3) is 5.91 Å². The maximum absolute atomic E-state index is 12.6. The monoisotopic (exact) mass is 434 g/mol. The van der Waals surface area contributed by atoms with Gasteiger partial charge in [-0.1, -0.05) is 29.3 Å². The number of ether oxygens (including phenoxy) is 3. The van der Waals surface area contributed by atoms with Crippen molar-refractivity contribution >= 4 is 40.9 Å². The standard InChI is InChI=1S/C17H14Cl2F2N2O5/c1-8-10(18)6-22-15(13(8)19)23-12(24)7-27-16(25)9-4-3-5-11(26-2)14(9)28-17(20)21/h3-6,17H,7H2,1-2H3,(H,22,23,24). The largest absolute Gasteiger partial charge is 0.493 e. The van der Waals surface area contributed by atoms with E-state index in [9.17, 15) is 18.4 Å². The van der Waals surface area contributed by atoms with Crippen molar-refractivity contribution in [3.8, 4) is 11.5 Å². The Morgan fingerprint density at radius 3 is 2.64 bits per heavy atom. The SMILES string of the molecule is COc1cccc(C(=O)OCC(=O)Nc2ncc(Cl)c(C)c2Cl)c1OC(F)F. The second kappa shape index (κ2) is 9.52. The predicted molar refractivity (Wildman–Crippen MR) is 97.5 cm³/mol. The van der Waals surface area contributed by atoms with Crippen molar-refractivity contribution < 1.29 is 32.6 Å². The molecule has 11 heteroatoms. The van der Waals surface area contributed by atoms with Crippen LogP contribution in [0.2, 0.25) is 10.0 Å². The lowest BCUT2D eigenvalue weighted by Crippen LogP contribution is -2.22. The number of benzene rings is 1. The molecule has 0 fully saturated rings. The van der Waals surface area contributed by atoms with E-state index in [2.05, 4.69) is 15.0 Å². The minimum absolute atomic E-state index is 0.0349. The zero-order valence-electron chi connectivity index (χ0n) is 14.6. The first-order chi connectivity index (χ1) is 13.2. The predicted octanol–water partition coefficient (Wildman–Crippen LogP) is 4.10. The zero-order chi connectivity index (χ0) is 20.8. The Balaban J connectivity index is 2.08. The second-order valence-electron chi connectivity index (χ2n) is 5.23. The number of esters is 1. The number of anilines is 1. The van der Waals surface area contributed by atoms with Gasteiger partial charge in [0.05, 0.1) is 17.2 Å². The van der Waals surface area contributed by atoms with Crippen LogP contribution in [0.25, 0.3) is 0 Å². The number of nitrogens with zero attached hydrogens (tertiary/aromatic N) is 1. The van der Waals surface area contributed by atoms with E-state index in [1.165, 1.54) is 31.5 Å². The normalized spacial score (nSPS) is 10.5. The molecule has 0 bridgehead atoms. The lowest BCUT2D eigenvalue weighted by atomic mass is 10.2. The Morgan fingerprint density at radius 1 is 1.29 bits per heavy atom. The number of methoxy groups -OCH3 is 1.